The van der Waals surface area contributed by atoms with Crippen LogP contribution in [0.1, 0.15) is 30.5 Å². The number of para-hydroxylation sites is 1. The number of nitrogens with one attached hydrogen (secondary N) is 1. The Labute approximate surface area is 150 Å². The van der Waals surface area contributed by atoms with Crippen LogP contribution in [-0.4, -0.2) is 43.4 Å². The molecule has 7 heteroatoms. The first-order valence-electron chi connectivity index (χ1n) is 7.63. The van der Waals surface area contributed by atoms with Gasteiger partial charge in [-0.2, -0.15) is 0 Å². The predicted octanol–water partition coefficient (Wildman–Crippen LogP) is 2.86. The first-order chi connectivity index (χ1) is 11.8. The highest BCUT2D eigenvalue weighted by Gasteiger charge is 2.19. The number of benzene rings is 1. The minimum Gasteiger partial charge on any atom is -0.465 e. The number of esters is 1. The summed E-state index contributed by atoms with van der Waals surface area (Å²) < 4.78 is 4.63. The average Bonchev–Trinajstić information content (AvgIpc) is 3.06. The van der Waals surface area contributed by atoms with Gasteiger partial charge in [-0.05, 0) is 37.1 Å². The molecule has 0 unspecified atom stereocenters. The van der Waals surface area contributed by atoms with Gasteiger partial charge in [0, 0.05) is 12.7 Å². The Morgan fingerprint density at radius 3 is 2.28 bits per heavy atom. The summed E-state index contributed by atoms with van der Waals surface area (Å²) in [6, 6.07) is 8.84. The summed E-state index contributed by atoms with van der Waals surface area (Å²) in [6.45, 7) is 3.74. The fourth-order valence-corrected chi connectivity index (χ4v) is 3.25. The first kappa shape index (κ1) is 18.7. The molecule has 6 nitrogen and oxygen atoms in total. The van der Waals surface area contributed by atoms with Gasteiger partial charge in [0.05, 0.1) is 18.5 Å². The number of carbonyl (C=O) groups is 3. The Morgan fingerprint density at radius 2 is 1.68 bits per heavy atom. The van der Waals surface area contributed by atoms with E-state index in [1.165, 1.54) is 18.1 Å². The second-order valence-corrected chi connectivity index (χ2v) is 6.72. The summed E-state index contributed by atoms with van der Waals surface area (Å²) in [4.78, 5) is 38.1. The normalized spacial score (nSPS) is 10.2. The minimum atomic E-state index is -0.487. The highest BCUT2D eigenvalue weighted by Crippen LogP contribution is 2.20. The van der Waals surface area contributed by atoms with Crippen LogP contribution in [0.4, 0.5) is 5.69 Å². The molecule has 0 saturated carbocycles. The fraction of sp³-hybridized carbons (Fsp3) is 0.278. The number of rotatable bonds is 5. The summed E-state index contributed by atoms with van der Waals surface area (Å²) in [5, 5.41) is 2.84. The molecular formula is C18H20N2O4S. The molecule has 0 radical (unpaired) electrons. The van der Waals surface area contributed by atoms with Crippen LogP contribution in [0.2, 0.25) is 0 Å². The molecule has 2 amide bonds. The van der Waals surface area contributed by atoms with Gasteiger partial charge in [-0.3, -0.25) is 9.59 Å². The van der Waals surface area contributed by atoms with E-state index in [4.69, 9.17) is 0 Å². The summed E-state index contributed by atoms with van der Waals surface area (Å²) in [6.07, 6.45) is 0. The van der Waals surface area contributed by atoms with E-state index in [2.05, 4.69) is 10.1 Å². The van der Waals surface area contributed by atoms with E-state index in [9.17, 15) is 14.4 Å². The lowest BCUT2D eigenvalue weighted by Crippen LogP contribution is -2.34. The molecule has 132 valence electrons. The van der Waals surface area contributed by atoms with Gasteiger partial charge in [0.25, 0.3) is 5.91 Å². The highest BCUT2D eigenvalue weighted by molar-refractivity contribution is 7.15. The van der Waals surface area contributed by atoms with E-state index in [1.54, 1.807) is 13.1 Å². The average molecular weight is 360 g/mol. The Hall–Kier alpha value is -2.67. The van der Waals surface area contributed by atoms with Crippen molar-refractivity contribution in [2.24, 2.45) is 0 Å². The van der Waals surface area contributed by atoms with E-state index in [0.717, 1.165) is 28.2 Å². The van der Waals surface area contributed by atoms with E-state index in [-0.39, 0.29) is 18.4 Å². The third kappa shape index (κ3) is 4.45. The first-order valence-corrected chi connectivity index (χ1v) is 8.44. The van der Waals surface area contributed by atoms with Crippen molar-refractivity contribution in [2.45, 2.75) is 13.8 Å². The van der Waals surface area contributed by atoms with Gasteiger partial charge in [-0.15, -0.1) is 11.3 Å². The topological polar surface area (TPSA) is 75.7 Å². The second kappa shape index (κ2) is 7.94. The van der Waals surface area contributed by atoms with Crippen LogP contribution in [-0.2, 0) is 9.53 Å². The van der Waals surface area contributed by atoms with E-state index in [0.29, 0.717) is 9.75 Å². The van der Waals surface area contributed by atoms with Gasteiger partial charge in [0.15, 0.2) is 0 Å². The molecule has 0 aliphatic carbocycles. The number of thiophene rings is 1. The van der Waals surface area contributed by atoms with Crippen molar-refractivity contribution in [1.29, 1.82) is 0 Å². The van der Waals surface area contributed by atoms with Crippen LogP contribution in [0, 0.1) is 13.8 Å². The molecule has 25 heavy (non-hydrogen) atoms. The van der Waals surface area contributed by atoms with Gasteiger partial charge >= 0.3 is 5.97 Å². The van der Waals surface area contributed by atoms with Gasteiger partial charge in [0.1, 0.15) is 4.88 Å². The Morgan fingerprint density at radius 1 is 1.08 bits per heavy atom. The van der Waals surface area contributed by atoms with E-state index in [1.807, 2.05) is 32.0 Å². The van der Waals surface area contributed by atoms with Crippen molar-refractivity contribution in [3.05, 3.63) is 51.2 Å². The summed E-state index contributed by atoms with van der Waals surface area (Å²) in [5.41, 5.74) is 2.68. The third-order valence-corrected chi connectivity index (χ3v) is 4.73. The number of hydrogen-bond donors (Lipinski definition) is 1. The highest BCUT2D eigenvalue weighted by atomic mass is 32.1. The van der Waals surface area contributed by atoms with Crippen LogP contribution in [0.25, 0.3) is 0 Å². The van der Waals surface area contributed by atoms with Gasteiger partial charge in [-0.25, -0.2) is 4.79 Å². The molecule has 0 saturated heterocycles. The molecule has 0 bridgehead atoms. The maximum atomic E-state index is 12.4. The molecule has 0 aliphatic heterocycles. The SMILES string of the molecule is COC(=O)c1ccc(C(=O)N(C)CC(=O)Nc2c(C)cccc2C)s1. The lowest BCUT2D eigenvalue weighted by Gasteiger charge is -2.17. The quantitative estimate of drug-likeness (QED) is 0.832. The molecule has 1 heterocycles. The number of anilines is 1. The number of hydrogen-bond acceptors (Lipinski definition) is 5. The molecule has 1 N–H and O–H groups in total. The molecule has 0 spiro atoms. The number of amides is 2. The molecule has 1 aromatic carbocycles. The smallest absolute Gasteiger partial charge is 0.348 e. The van der Waals surface area contributed by atoms with E-state index >= 15 is 0 Å². The largest absolute Gasteiger partial charge is 0.465 e. The Kier molecular flexibility index (Phi) is 5.93. The summed E-state index contributed by atoms with van der Waals surface area (Å²) in [7, 11) is 2.83. The molecule has 0 fully saturated rings. The molecule has 0 aliphatic rings. The number of nitrogens with zero attached hydrogens (tertiary/aromatic N) is 1. The number of carbonyl (C=O) groups excluding carboxylic acids is 3. The van der Waals surface area contributed by atoms with Gasteiger partial charge < -0.3 is 15.0 Å². The van der Waals surface area contributed by atoms with Crippen LogP contribution >= 0.6 is 11.3 Å². The lowest BCUT2D eigenvalue weighted by molar-refractivity contribution is -0.116. The minimum absolute atomic E-state index is 0.0853. The lowest BCUT2D eigenvalue weighted by atomic mass is 10.1. The third-order valence-electron chi connectivity index (χ3n) is 3.68. The number of likely N-dealkylation sites (N-methyl/N-ethyl adjacent to an activating group) is 1. The van der Waals surface area contributed by atoms with Crippen molar-refractivity contribution in [1.82, 2.24) is 4.90 Å². The van der Waals surface area contributed by atoms with Crippen LogP contribution in [0.5, 0.6) is 0 Å². The fourth-order valence-electron chi connectivity index (χ4n) is 2.33. The van der Waals surface area contributed by atoms with Crippen molar-refractivity contribution >= 4 is 34.8 Å². The van der Waals surface area contributed by atoms with Crippen molar-refractivity contribution in [2.75, 3.05) is 26.0 Å². The summed E-state index contributed by atoms with van der Waals surface area (Å²) >= 11 is 1.04. The van der Waals surface area contributed by atoms with Crippen LogP contribution < -0.4 is 5.32 Å². The zero-order valence-corrected chi connectivity index (χ0v) is 15.4. The molecule has 2 rings (SSSR count). The maximum absolute atomic E-state index is 12.4. The molecule has 0 atom stereocenters. The maximum Gasteiger partial charge on any atom is 0.348 e. The van der Waals surface area contributed by atoms with Crippen molar-refractivity contribution in [3.8, 4) is 0 Å². The standard InChI is InChI=1S/C18H20N2O4S/c1-11-6-5-7-12(2)16(11)19-15(21)10-20(3)17(22)13-8-9-14(25-13)18(23)24-4/h5-9H,10H2,1-4H3,(H,19,21). The predicted molar refractivity (Wildman–Crippen MR) is 97.2 cm³/mol. The van der Waals surface area contributed by atoms with Gasteiger partial charge in [0.2, 0.25) is 5.91 Å². The van der Waals surface area contributed by atoms with Crippen LogP contribution in [0.3, 0.4) is 0 Å². The van der Waals surface area contributed by atoms with E-state index < -0.39 is 5.97 Å². The molecule has 2 aromatic rings. The number of methoxy groups -OCH3 is 1. The number of ether oxygens (including phenoxy) is 1. The molecule has 1 aromatic heterocycles. The zero-order valence-electron chi connectivity index (χ0n) is 14.6. The molecular weight excluding hydrogens is 340 g/mol. The van der Waals surface area contributed by atoms with Crippen molar-refractivity contribution < 1.29 is 19.1 Å². The summed E-state index contributed by atoms with van der Waals surface area (Å²) in [5.74, 6) is -1.09. The second-order valence-electron chi connectivity index (χ2n) is 5.63. The monoisotopic (exact) mass is 360 g/mol. The number of aryl methyl sites for hydroxylation is 2. The van der Waals surface area contributed by atoms with Crippen LogP contribution in [0.15, 0.2) is 30.3 Å². The Balaban J connectivity index is 2.02. The van der Waals surface area contributed by atoms with Crippen molar-refractivity contribution in [3.63, 3.8) is 0 Å². The zero-order chi connectivity index (χ0) is 18.6. The Bertz CT molecular complexity index is 793. The van der Waals surface area contributed by atoms with Gasteiger partial charge in [-0.1, -0.05) is 18.2 Å².